The van der Waals surface area contributed by atoms with Crippen molar-refractivity contribution in [3.05, 3.63) is 47.1 Å². The molecule has 0 atom stereocenters. The highest BCUT2D eigenvalue weighted by Gasteiger charge is 1.89. The lowest BCUT2D eigenvalue weighted by atomic mass is 10.2. The van der Waals surface area contributed by atoms with E-state index in [1.807, 2.05) is 32.1 Å². The summed E-state index contributed by atoms with van der Waals surface area (Å²) >= 11 is 5.98. The number of hydrogen-bond acceptors (Lipinski definition) is 0. The van der Waals surface area contributed by atoms with Crippen LogP contribution in [-0.2, 0) is 0 Å². The molecule has 13 heavy (non-hydrogen) atoms. The van der Waals surface area contributed by atoms with Gasteiger partial charge in [-0.1, -0.05) is 42.8 Å². The van der Waals surface area contributed by atoms with Gasteiger partial charge in [0.05, 0.1) is 0 Å². The number of rotatable bonds is 4. The smallest absolute Gasteiger partial charge is 0.0411 e. The fourth-order valence-electron chi connectivity index (χ4n) is 0.914. The minimum absolute atomic E-state index is 0.750. The van der Waals surface area contributed by atoms with Gasteiger partial charge in [0.2, 0.25) is 0 Å². The van der Waals surface area contributed by atoms with Gasteiger partial charge in [0.15, 0.2) is 0 Å². The molecule has 0 amide bonds. The van der Waals surface area contributed by atoms with E-state index in [-0.39, 0.29) is 0 Å². The standard InChI is InChI=1S/C12H17Cl/c1-5-7-11(6-2)9-12(13)8-10(3)4/h6-9H,2,5H2,1,3-4H3/b11-7-,12-9+. The van der Waals surface area contributed by atoms with Crippen molar-refractivity contribution in [3.63, 3.8) is 0 Å². The normalized spacial score (nSPS) is 12.6. The molecule has 0 radical (unpaired) electrons. The maximum Gasteiger partial charge on any atom is 0.0411 e. The van der Waals surface area contributed by atoms with Crippen LogP contribution in [0, 0.1) is 0 Å². The van der Waals surface area contributed by atoms with Crippen LogP contribution in [0.2, 0.25) is 0 Å². The summed E-state index contributed by atoms with van der Waals surface area (Å²) in [5.41, 5.74) is 2.27. The molecule has 0 saturated heterocycles. The maximum atomic E-state index is 5.98. The third-order valence-corrected chi connectivity index (χ3v) is 1.62. The van der Waals surface area contributed by atoms with Crippen molar-refractivity contribution in [2.75, 3.05) is 0 Å². The van der Waals surface area contributed by atoms with Gasteiger partial charge in [0.1, 0.15) is 0 Å². The quantitative estimate of drug-likeness (QED) is 0.577. The molecular weight excluding hydrogens is 180 g/mol. The van der Waals surface area contributed by atoms with Crippen molar-refractivity contribution in [3.8, 4) is 0 Å². The molecule has 0 aromatic heterocycles. The van der Waals surface area contributed by atoms with Crippen LogP contribution in [0.15, 0.2) is 47.1 Å². The minimum Gasteiger partial charge on any atom is -0.0985 e. The minimum atomic E-state index is 0.750. The Morgan fingerprint density at radius 2 is 1.92 bits per heavy atom. The molecule has 0 aliphatic carbocycles. The van der Waals surface area contributed by atoms with E-state index in [2.05, 4.69) is 19.6 Å². The monoisotopic (exact) mass is 196 g/mol. The molecule has 0 bridgehead atoms. The molecule has 0 aliphatic rings. The molecule has 0 spiro atoms. The van der Waals surface area contributed by atoms with Crippen molar-refractivity contribution in [2.45, 2.75) is 27.2 Å². The zero-order valence-corrected chi connectivity index (χ0v) is 9.36. The summed E-state index contributed by atoms with van der Waals surface area (Å²) in [4.78, 5) is 0. The lowest BCUT2D eigenvalue weighted by Crippen LogP contribution is -1.74. The predicted octanol–water partition coefficient (Wildman–Crippen LogP) is 4.60. The Hall–Kier alpha value is -0.750. The summed E-state index contributed by atoms with van der Waals surface area (Å²) in [7, 11) is 0. The molecule has 0 aliphatic heterocycles. The Bertz CT molecular complexity index is 250. The van der Waals surface area contributed by atoms with Crippen molar-refractivity contribution < 1.29 is 0 Å². The highest BCUT2D eigenvalue weighted by molar-refractivity contribution is 6.31. The van der Waals surface area contributed by atoms with Crippen molar-refractivity contribution in [1.82, 2.24) is 0 Å². The molecule has 0 rings (SSSR count). The van der Waals surface area contributed by atoms with Crippen LogP contribution in [0.5, 0.6) is 0 Å². The SMILES string of the molecule is C=CC(=C/CC)/C=C(/Cl)C=C(C)C. The molecule has 0 heterocycles. The Labute approximate surface area is 86.3 Å². The molecule has 0 saturated carbocycles. The summed E-state index contributed by atoms with van der Waals surface area (Å²) < 4.78 is 0. The van der Waals surface area contributed by atoms with E-state index >= 15 is 0 Å². The maximum absolute atomic E-state index is 5.98. The van der Waals surface area contributed by atoms with Crippen molar-refractivity contribution in [1.29, 1.82) is 0 Å². The summed E-state index contributed by atoms with van der Waals surface area (Å²) in [6, 6.07) is 0. The summed E-state index contributed by atoms with van der Waals surface area (Å²) in [5, 5.41) is 0.750. The fourth-order valence-corrected chi connectivity index (χ4v) is 1.26. The molecule has 0 nitrogen and oxygen atoms in total. The van der Waals surface area contributed by atoms with E-state index in [1.54, 1.807) is 0 Å². The van der Waals surface area contributed by atoms with Gasteiger partial charge in [-0.15, -0.1) is 0 Å². The lowest BCUT2D eigenvalue weighted by Gasteiger charge is -1.94. The summed E-state index contributed by atoms with van der Waals surface area (Å²) in [6.07, 6.45) is 8.76. The number of halogens is 1. The molecule has 72 valence electrons. The average molecular weight is 197 g/mol. The van der Waals surface area contributed by atoms with E-state index in [1.165, 1.54) is 5.57 Å². The Kier molecular flexibility index (Phi) is 6.34. The van der Waals surface area contributed by atoms with E-state index < -0.39 is 0 Å². The van der Waals surface area contributed by atoms with Gasteiger partial charge in [-0.2, -0.15) is 0 Å². The van der Waals surface area contributed by atoms with Gasteiger partial charge in [-0.3, -0.25) is 0 Å². The molecular formula is C12H17Cl. The van der Waals surface area contributed by atoms with E-state index in [0.717, 1.165) is 17.0 Å². The summed E-state index contributed by atoms with van der Waals surface area (Å²) in [6.45, 7) is 9.85. The van der Waals surface area contributed by atoms with Crippen LogP contribution in [0.3, 0.4) is 0 Å². The van der Waals surface area contributed by atoms with Crippen LogP contribution < -0.4 is 0 Å². The number of hydrogen-bond donors (Lipinski definition) is 0. The van der Waals surface area contributed by atoms with Gasteiger partial charge in [0, 0.05) is 5.03 Å². The molecule has 0 fully saturated rings. The van der Waals surface area contributed by atoms with Gasteiger partial charge in [-0.25, -0.2) is 0 Å². The Morgan fingerprint density at radius 1 is 1.31 bits per heavy atom. The first-order valence-electron chi connectivity index (χ1n) is 4.44. The molecule has 0 aromatic carbocycles. The van der Waals surface area contributed by atoms with Gasteiger partial charge in [0.25, 0.3) is 0 Å². The van der Waals surface area contributed by atoms with Crippen molar-refractivity contribution in [2.24, 2.45) is 0 Å². The lowest BCUT2D eigenvalue weighted by molar-refractivity contribution is 1.21. The summed E-state index contributed by atoms with van der Waals surface area (Å²) in [5.74, 6) is 0. The number of allylic oxidation sites excluding steroid dienone is 7. The Morgan fingerprint density at radius 3 is 2.31 bits per heavy atom. The highest BCUT2D eigenvalue weighted by atomic mass is 35.5. The fraction of sp³-hybridized carbons (Fsp3) is 0.333. The van der Waals surface area contributed by atoms with E-state index in [4.69, 9.17) is 11.6 Å². The molecule has 0 aromatic rings. The van der Waals surface area contributed by atoms with Crippen LogP contribution in [0.1, 0.15) is 27.2 Å². The van der Waals surface area contributed by atoms with Crippen molar-refractivity contribution >= 4 is 11.6 Å². The van der Waals surface area contributed by atoms with Gasteiger partial charge in [-0.05, 0) is 38.0 Å². The van der Waals surface area contributed by atoms with Gasteiger partial charge < -0.3 is 0 Å². The van der Waals surface area contributed by atoms with Crippen LogP contribution in [0.4, 0.5) is 0 Å². The third kappa shape index (κ3) is 6.41. The second-order valence-electron chi connectivity index (χ2n) is 3.07. The Balaban J connectivity index is 4.61. The first kappa shape index (κ1) is 12.2. The van der Waals surface area contributed by atoms with Gasteiger partial charge >= 0.3 is 0 Å². The second kappa shape index (κ2) is 6.73. The zero-order valence-electron chi connectivity index (χ0n) is 8.60. The molecule has 0 N–H and O–H groups in total. The highest BCUT2D eigenvalue weighted by Crippen LogP contribution is 2.12. The first-order chi connectivity index (χ1) is 6.10. The van der Waals surface area contributed by atoms with Crippen LogP contribution in [-0.4, -0.2) is 0 Å². The topological polar surface area (TPSA) is 0 Å². The molecule has 0 unspecified atom stereocenters. The molecule has 1 heteroatoms. The predicted molar refractivity (Wildman–Crippen MR) is 61.9 cm³/mol. The first-order valence-corrected chi connectivity index (χ1v) is 4.82. The largest absolute Gasteiger partial charge is 0.0985 e. The van der Waals surface area contributed by atoms with Crippen LogP contribution >= 0.6 is 11.6 Å². The van der Waals surface area contributed by atoms with E-state index in [9.17, 15) is 0 Å². The van der Waals surface area contributed by atoms with E-state index in [0.29, 0.717) is 0 Å². The third-order valence-electron chi connectivity index (χ3n) is 1.41. The second-order valence-corrected chi connectivity index (χ2v) is 3.50. The zero-order chi connectivity index (χ0) is 10.3. The van der Waals surface area contributed by atoms with Crippen LogP contribution in [0.25, 0.3) is 0 Å². The average Bonchev–Trinajstić information content (AvgIpc) is 2.02.